The van der Waals surface area contributed by atoms with Gasteiger partial charge >= 0.3 is 16.3 Å². The topological polar surface area (TPSA) is 283 Å². The van der Waals surface area contributed by atoms with Gasteiger partial charge in [0.2, 0.25) is 17.1 Å². The number of carbonyl (C=O) groups excluding carboxylic acids is 2. The molecular formula is C18H25N11O8S2. The van der Waals surface area contributed by atoms with Crippen molar-refractivity contribution < 1.29 is 37.3 Å². The number of β-lactam (4-membered cyclic amide) rings is 1. The van der Waals surface area contributed by atoms with E-state index in [0.29, 0.717) is 25.3 Å². The van der Waals surface area contributed by atoms with E-state index in [1.54, 1.807) is 0 Å². The van der Waals surface area contributed by atoms with Gasteiger partial charge < -0.3 is 32.0 Å². The van der Waals surface area contributed by atoms with Crippen LogP contribution in [0.25, 0.3) is 0 Å². The maximum atomic E-state index is 13.1. The van der Waals surface area contributed by atoms with Crippen LogP contribution in [0.4, 0.5) is 5.13 Å². The molecule has 0 radical (unpaired) electrons. The monoisotopic (exact) mass is 587 g/mol. The summed E-state index contributed by atoms with van der Waals surface area (Å²) in [6.45, 7) is 1.20. The number of nitrogens with two attached hydrogens (primary N) is 2. The van der Waals surface area contributed by atoms with Crippen molar-refractivity contribution >= 4 is 50.5 Å². The third kappa shape index (κ3) is 6.27. The molecule has 1 saturated heterocycles. The number of nitrogens with one attached hydrogen (secondary N) is 2. The Morgan fingerprint density at radius 3 is 2.69 bits per heavy atom. The van der Waals surface area contributed by atoms with Crippen molar-refractivity contribution in [1.29, 1.82) is 0 Å². The molecule has 2 fully saturated rings. The third-order valence-corrected chi connectivity index (χ3v) is 7.27. The summed E-state index contributed by atoms with van der Waals surface area (Å²) < 4.78 is 37.3. The molecule has 0 aromatic carbocycles. The summed E-state index contributed by atoms with van der Waals surface area (Å²) in [5.41, 5.74) is 9.35. The molecule has 19 nitrogen and oxygen atoms in total. The Hall–Kier alpha value is -3.79. The van der Waals surface area contributed by atoms with E-state index in [9.17, 15) is 32.5 Å². The van der Waals surface area contributed by atoms with Gasteiger partial charge in [0, 0.05) is 30.9 Å². The molecular weight excluding hydrogens is 562 g/mol. The second-order valence-corrected chi connectivity index (χ2v) is 10.7. The highest BCUT2D eigenvalue weighted by Crippen LogP contribution is 2.40. The highest BCUT2D eigenvalue weighted by Gasteiger charge is 2.56. The molecule has 0 bridgehead atoms. The van der Waals surface area contributed by atoms with E-state index in [1.165, 1.54) is 6.20 Å². The zero-order valence-electron chi connectivity index (χ0n) is 20.1. The van der Waals surface area contributed by atoms with Crippen LogP contribution in [0, 0.1) is 0 Å². The second-order valence-electron chi connectivity index (χ2n) is 8.63. The van der Waals surface area contributed by atoms with Crippen LogP contribution in [0.2, 0.25) is 0 Å². The number of rotatable bonds is 14. The van der Waals surface area contributed by atoms with E-state index in [4.69, 9.17) is 16.3 Å². The van der Waals surface area contributed by atoms with E-state index < -0.39 is 51.5 Å². The summed E-state index contributed by atoms with van der Waals surface area (Å²) in [6.07, 6.45) is 2.49. The lowest BCUT2D eigenvalue weighted by Gasteiger charge is -2.43. The second kappa shape index (κ2) is 11.1. The fourth-order valence-corrected chi connectivity index (χ4v) is 4.88. The Morgan fingerprint density at radius 2 is 2.10 bits per heavy atom. The SMILES string of the molecule is NCCCNCc1cnn(C[C@H]2C(NC(=O)/C(=N\OC3(C(=O)O)CC3)c3nsc(N)n3)C(=O)N2S(=O)(=O)O)n1. The lowest BCUT2D eigenvalue weighted by molar-refractivity contribution is -0.153. The van der Waals surface area contributed by atoms with Crippen LogP contribution in [0.5, 0.6) is 0 Å². The van der Waals surface area contributed by atoms with Crippen molar-refractivity contribution in [3.8, 4) is 0 Å². The maximum Gasteiger partial charge on any atom is 0.362 e. The third-order valence-electron chi connectivity index (χ3n) is 5.78. The Labute approximate surface area is 224 Å². The van der Waals surface area contributed by atoms with Crippen LogP contribution in [-0.4, -0.2) is 101 Å². The molecule has 21 heteroatoms. The quantitative estimate of drug-likeness (QED) is 0.0414. The first-order chi connectivity index (χ1) is 18.4. The molecule has 2 aliphatic rings. The average Bonchev–Trinajstić information content (AvgIpc) is 3.33. The molecule has 2 amide bonds. The van der Waals surface area contributed by atoms with Crippen molar-refractivity contribution in [3.05, 3.63) is 17.7 Å². The maximum absolute atomic E-state index is 13.1. The van der Waals surface area contributed by atoms with Crippen molar-refractivity contribution in [2.75, 3.05) is 18.8 Å². The van der Waals surface area contributed by atoms with Crippen molar-refractivity contribution in [2.24, 2.45) is 10.9 Å². The number of amides is 2. The molecule has 8 N–H and O–H groups in total. The van der Waals surface area contributed by atoms with Crippen LogP contribution >= 0.6 is 11.5 Å². The number of hydrogen-bond acceptors (Lipinski definition) is 15. The number of nitrogens with zero attached hydrogens (tertiary/aromatic N) is 7. The molecule has 4 rings (SSSR count). The van der Waals surface area contributed by atoms with Crippen molar-refractivity contribution in [2.45, 2.75) is 50.0 Å². The number of carboxylic acids is 1. The fraction of sp³-hybridized carbons (Fsp3) is 0.556. The molecule has 2 aromatic heterocycles. The number of nitrogen functional groups attached to an aromatic ring is 1. The molecule has 0 spiro atoms. The van der Waals surface area contributed by atoms with Gasteiger partial charge in [0.05, 0.1) is 18.4 Å². The minimum absolute atomic E-state index is 0.0295. The number of aromatic nitrogens is 5. The zero-order valence-corrected chi connectivity index (χ0v) is 21.8. The summed E-state index contributed by atoms with van der Waals surface area (Å²) in [5, 5.41) is 26.6. The highest BCUT2D eigenvalue weighted by atomic mass is 32.2. The number of oxime groups is 1. The largest absolute Gasteiger partial charge is 0.478 e. The van der Waals surface area contributed by atoms with E-state index >= 15 is 0 Å². The minimum Gasteiger partial charge on any atom is -0.478 e. The summed E-state index contributed by atoms with van der Waals surface area (Å²) in [6, 6.07) is -2.78. The van der Waals surface area contributed by atoms with Crippen LogP contribution in [0.1, 0.15) is 30.8 Å². The van der Waals surface area contributed by atoms with Crippen LogP contribution in [0.3, 0.4) is 0 Å². The molecule has 39 heavy (non-hydrogen) atoms. The molecule has 2 atom stereocenters. The molecule has 2 aromatic rings. The Morgan fingerprint density at radius 1 is 1.36 bits per heavy atom. The number of aliphatic carboxylic acids is 1. The summed E-state index contributed by atoms with van der Waals surface area (Å²) in [7, 11) is -4.99. The highest BCUT2D eigenvalue weighted by molar-refractivity contribution is 7.84. The van der Waals surface area contributed by atoms with Gasteiger partial charge in [0.15, 0.2) is 5.13 Å². The molecule has 1 aliphatic carbocycles. The summed E-state index contributed by atoms with van der Waals surface area (Å²) in [5.74, 6) is -3.80. The molecule has 212 valence electrons. The molecule has 3 heterocycles. The predicted molar refractivity (Wildman–Crippen MR) is 131 cm³/mol. The summed E-state index contributed by atoms with van der Waals surface area (Å²) in [4.78, 5) is 47.2. The van der Waals surface area contributed by atoms with Gasteiger partial charge in [-0.15, -0.1) is 0 Å². The zero-order chi connectivity index (χ0) is 28.4. The van der Waals surface area contributed by atoms with Crippen LogP contribution in [0.15, 0.2) is 11.4 Å². The van der Waals surface area contributed by atoms with Crippen LogP contribution < -0.4 is 22.1 Å². The smallest absolute Gasteiger partial charge is 0.362 e. The number of carboxylic acid groups (broad SMARTS) is 1. The van der Waals surface area contributed by atoms with Crippen molar-refractivity contribution in [3.63, 3.8) is 0 Å². The Balaban J connectivity index is 1.51. The van der Waals surface area contributed by atoms with Gasteiger partial charge in [-0.2, -0.15) is 32.8 Å². The fourth-order valence-electron chi connectivity index (χ4n) is 3.57. The first kappa shape index (κ1) is 28.2. The minimum atomic E-state index is -4.99. The van der Waals surface area contributed by atoms with Gasteiger partial charge in [-0.25, -0.2) is 9.10 Å². The van der Waals surface area contributed by atoms with Crippen molar-refractivity contribution in [1.82, 2.24) is 39.3 Å². The van der Waals surface area contributed by atoms with E-state index in [2.05, 4.69) is 35.3 Å². The van der Waals surface area contributed by atoms with Gasteiger partial charge in [-0.05, 0) is 19.5 Å². The average molecular weight is 588 g/mol. The van der Waals surface area contributed by atoms with Gasteiger partial charge in [-0.3, -0.25) is 14.1 Å². The number of anilines is 1. The lowest BCUT2D eigenvalue weighted by atomic mass is 9.98. The Bertz CT molecular complexity index is 1390. The standard InChI is InChI=1S/C18H25N11O8S2/c19-4-1-5-21-6-9-7-22-28(25-9)8-10-11(15(31)29(10)39(34,35)36)23-14(30)12(13-24-17(20)38-27-13)26-37-18(2-3-18)16(32)33/h7,10-11,21H,1-6,8,19H2,(H,23,30)(H,32,33)(H2,20,24,27)(H,34,35,36)/b26-12-/t10-,11?/m0/s1. The molecule has 1 aliphatic heterocycles. The van der Waals surface area contributed by atoms with Gasteiger partial charge in [0.25, 0.3) is 11.8 Å². The Kier molecular flexibility index (Phi) is 8.06. The van der Waals surface area contributed by atoms with Crippen LogP contribution in [-0.2, 0) is 42.6 Å². The number of carbonyl (C=O) groups is 3. The van der Waals surface area contributed by atoms with E-state index in [-0.39, 0.29) is 34.6 Å². The van der Waals surface area contributed by atoms with E-state index in [1.807, 2.05) is 0 Å². The number of hydrogen-bond donors (Lipinski definition) is 6. The van der Waals surface area contributed by atoms with Gasteiger partial charge in [-0.1, -0.05) is 5.16 Å². The molecule has 1 unspecified atom stereocenters. The lowest BCUT2D eigenvalue weighted by Crippen LogP contribution is -2.73. The first-order valence-electron chi connectivity index (χ1n) is 11.5. The first-order valence-corrected chi connectivity index (χ1v) is 13.6. The normalized spacial score (nSPS) is 20.4. The predicted octanol–water partition coefficient (Wildman–Crippen LogP) is -3.31. The van der Waals surface area contributed by atoms with E-state index in [0.717, 1.165) is 22.7 Å². The molecule has 1 saturated carbocycles. The van der Waals surface area contributed by atoms with Gasteiger partial charge in [0.1, 0.15) is 12.1 Å². The summed E-state index contributed by atoms with van der Waals surface area (Å²) >= 11 is 0.726.